The summed E-state index contributed by atoms with van der Waals surface area (Å²) in [4.78, 5) is 0. The summed E-state index contributed by atoms with van der Waals surface area (Å²) in [6, 6.07) is 7.25. The average Bonchev–Trinajstić information content (AvgIpc) is 2.73. The first-order chi connectivity index (χ1) is 8.19. The molecule has 0 aliphatic carbocycles. The summed E-state index contributed by atoms with van der Waals surface area (Å²) in [5.74, 6) is 1.42. The standard InChI is InChI=1S/C12H13ClN2O2/c1-8-5-10(17-15-8)7-16-12-4-3-9(13)6-11(12)14-2/h3-6,14H,7H2,1-2H3. The molecule has 17 heavy (non-hydrogen) atoms. The molecule has 4 nitrogen and oxygen atoms in total. The first kappa shape index (κ1) is 11.8. The molecule has 0 fully saturated rings. The van der Waals surface area contributed by atoms with Crippen LogP contribution in [-0.2, 0) is 6.61 Å². The molecule has 2 rings (SSSR count). The van der Waals surface area contributed by atoms with Crippen LogP contribution >= 0.6 is 11.6 Å². The zero-order valence-corrected chi connectivity index (χ0v) is 10.4. The second-order valence-corrected chi connectivity index (χ2v) is 4.05. The molecule has 0 saturated heterocycles. The molecule has 0 unspecified atom stereocenters. The number of rotatable bonds is 4. The van der Waals surface area contributed by atoms with Gasteiger partial charge in [-0.3, -0.25) is 0 Å². The van der Waals surface area contributed by atoms with Gasteiger partial charge in [0.25, 0.3) is 0 Å². The maximum atomic E-state index is 5.89. The highest BCUT2D eigenvalue weighted by atomic mass is 35.5. The van der Waals surface area contributed by atoms with Gasteiger partial charge in [-0.15, -0.1) is 0 Å². The average molecular weight is 253 g/mol. The van der Waals surface area contributed by atoms with Gasteiger partial charge in [0.15, 0.2) is 5.76 Å². The Bertz CT molecular complexity index is 511. The number of aryl methyl sites for hydroxylation is 1. The largest absolute Gasteiger partial charge is 0.483 e. The van der Waals surface area contributed by atoms with Gasteiger partial charge in [-0.2, -0.15) is 0 Å². The van der Waals surface area contributed by atoms with Gasteiger partial charge in [0.2, 0.25) is 0 Å². The van der Waals surface area contributed by atoms with Crippen molar-refractivity contribution in [1.29, 1.82) is 0 Å². The molecule has 0 radical (unpaired) electrons. The molecule has 2 aromatic rings. The highest BCUT2D eigenvalue weighted by Crippen LogP contribution is 2.28. The predicted molar refractivity (Wildman–Crippen MR) is 66.6 cm³/mol. The number of nitrogens with zero attached hydrogens (tertiary/aromatic N) is 1. The first-order valence-corrected chi connectivity index (χ1v) is 5.59. The summed E-state index contributed by atoms with van der Waals surface area (Å²) in [6.45, 7) is 2.21. The summed E-state index contributed by atoms with van der Waals surface area (Å²) in [6.07, 6.45) is 0. The molecular weight excluding hydrogens is 240 g/mol. The molecule has 90 valence electrons. The van der Waals surface area contributed by atoms with E-state index >= 15 is 0 Å². The second-order valence-electron chi connectivity index (χ2n) is 3.61. The maximum absolute atomic E-state index is 5.89. The summed E-state index contributed by atoms with van der Waals surface area (Å²) in [7, 11) is 1.82. The lowest BCUT2D eigenvalue weighted by Crippen LogP contribution is -1.98. The van der Waals surface area contributed by atoms with E-state index in [1.54, 1.807) is 6.07 Å². The van der Waals surface area contributed by atoms with Crippen LogP contribution in [0.1, 0.15) is 11.5 Å². The van der Waals surface area contributed by atoms with Crippen LogP contribution in [0, 0.1) is 6.92 Å². The molecular formula is C12H13ClN2O2. The third-order valence-corrected chi connectivity index (χ3v) is 2.49. The predicted octanol–water partition coefficient (Wildman–Crippen LogP) is 3.26. The highest BCUT2D eigenvalue weighted by molar-refractivity contribution is 6.30. The topological polar surface area (TPSA) is 47.3 Å². The van der Waals surface area contributed by atoms with Crippen LogP contribution in [0.4, 0.5) is 5.69 Å². The lowest BCUT2D eigenvalue weighted by molar-refractivity contribution is 0.250. The van der Waals surface area contributed by atoms with Crippen LogP contribution in [0.5, 0.6) is 5.75 Å². The molecule has 1 aromatic carbocycles. The van der Waals surface area contributed by atoms with Crippen molar-refractivity contribution < 1.29 is 9.26 Å². The van der Waals surface area contributed by atoms with Gasteiger partial charge in [0.05, 0.1) is 11.4 Å². The van der Waals surface area contributed by atoms with Crippen LogP contribution in [0.25, 0.3) is 0 Å². The van der Waals surface area contributed by atoms with Crippen molar-refractivity contribution in [3.05, 3.63) is 40.7 Å². The highest BCUT2D eigenvalue weighted by Gasteiger charge is 2.06. The quantitative estimate of drug-likeness (QED) is 0.907. The van der Waals surface area contributed by atoms with Gasteiger partial charge in [-0.05, 0) is 25.1 Å². The van der Waals surface area contributed by atoms with Gasteiger partial charge < -0.3 is 14.6 Å². The number of hydrogen-bond acceptors (Lipinski definition) is 4. The second kappa shape index (κ2) is 5.10. The number of benzene rings is 1. The third-order valence-electron chi connectivity index (χ3n) is 2.26. The van der Waals surface area contributed by atoms with Crippen LogP contribution < -0.4 is 10.1 Å². The number of anilines is 1. The zero-order chi connectivity index (χ0) is 12.3. The van der Waals surface area contributed by atoms with E-state index < -0.39 is 0 Å². The number of aromatic nitrogens is 1. The van der Waals surface area contributed by atoms with Gasteiger partial charge in [-0.1, -0.05) is 16.8 Å². The minimum atomic E-state index is 0.344. The summed E-state index contributed by atoms with van der Waals surface area (Å²) in [5.41, 5.74) is 1.68. The summed E-state index contributed by atoms with van der Waals surface area (Å²) < 4.78 is 10.7. The monoisotopic (exact) mass is 252 g/mol. The van der Waals surface area contributed by atoms with E-state index in [0.29, 0.717) is 17.4 Å². The summed E-state index contributed by atoms with van der Waals surface area (Å²) in [5, 5.41) is 7.48. The zero-order valence-electron chi connectivity index (χ0n) is 9.66. The van der Waals surface area contributed by atoms with Crippen molar-refractivity contribution in [2.45, 2.75) is 13.5 Å². The van der Waals surface area contributed by atoms with E-state index in [-0.39, 0.29) is 0 Å². The fourth-order valence-electron chi connectivity index (χ4n) is 1.46. The van der Waals surface area contributed by atoms with Crippen molar-refractivity contribution in [2.75, 3.05) is 12.4 Å². The summed E-state index contributed by atoms with van der Waals surface area (Å²) >= 11 is 5.89. The molecule has 0 bridgehead atoms. The Labute approximate surface area is 105 Å². The Morgan fingerprint density at radius 2 is 2.24 bits per heavy atom. The Morgan fingerprint density at radius 1 is 1.41 bits per heavy atom. The molecule has 5 heteroatoms. The van der Waals surface area contributed by atoms with E-state index in [4.69, 9.17) is 20.9 Å². The molecule has 1 N–H and O–H groups in total. The maximum Gasteiger partial charge on any atom is 0.174 e. The molecule has 0 spiro atoms. The van der Waals surface area contributed by atoms with Crippen molar-refractivity contribution in [2.24, 2.45) is 0 Å². The minimum absolute atomic E-state index is 0.344. The molecule has 0 amide bonds. The molecule has 1 heterocycles. The lowest BCUT2D eigenvalue weighted by Gasteiger charge is -2.09. The van der Waals surface area contributed by atoms with E-state index in [1.165, 1.54) is 0 Å². The van der Waals surface area contributed by atoms with E-state index in [9.17, 15) is 0 Å². The van der Waals surface area contributed by atoms with Crippen molar-refractivity contribution in [3.8, 4) is 5.75 Å². The number of halogens is 1. The van der Waals surface area contributed by atoms with Gasteiger partial charge in [0.1, 0.15) is 12.4 Å². The molecule has 0 saturated carbocycles. The Kier molecular flexibility index (Phi) is 3.54. The van der Waals surface area contributed by atoms with Crippen LogP contribution in [0.15, 0.2) is 28.8 Å². The molecule has 0 aliphatic rings. The van der Waals surface area contributed by atoms with Crippen molar-refractivity contribution >= 4 is 17.3 Å². The Balaban J connectivity index is 2.08. The Morgan fingerprint density at radius 3 is 2.88 bits per heavy atom. The van der Waals surface area contributed by atoms with Crippen LogP contribution in [0.3, 0.4) is 0 Å². The van der Waals surface area contributed by atoms with E-state index in [1.807, 2.05) is 32.2 Å². The van der Waals surface area contributed by atoms with Crippen LogP contribution in [-0.4, -0.2) is 12.2 Å². The molecule has 0 atom stereocenters. The number of nitrogens with one attached hydrogen (secondary N) is 1. The van der Waals surface area contributed by atoms with Crippen LogP contribution in [0.2, 0.25) is 5.02 Å². The fourth-order valence-corrected chi connectivity index (χ4v) is 1.63. The fraction of sp³-hybridized carbons (Fsp3) is 0.250. The molecule has 1 aromatic heterocycles. The Hall–Kier alpha value is -1.68. The smallest absolute Gasteiger partial charge is 0.174 e. The van der Waals surface area contributed by atoms with Gasteiger partial charge in [0, 0.05) is 18.1 Å². The molecule has 0 aliphatic heterocycles. The van der Waals surface area contributed by atoms with E-state index in [2.05, 4.69) is 10.5 Å². The first-order valence-electron chi connectivity index (χ1n) is 5.21. The third kappa shape index (κ3) is 2.91. The SMILES string of the molecule is CNc1cc(Cl)ccc1OCc1cc(C)no1. The number of hydrogen-bond donors (Lipinski definition) is 1. The van der Waals surface area contributed by atoms with Crippen molar-refractivity contribution in [1.82, 2.24) is 5.16 Å². The normalized spacial score (nSPS) is 10.3. The minimum Gasteiger partial charge on any atom is -0.483 e. The van der Waals surface area contributed by atoms with Gasteiger partial charge in [-0.25, -0.2) is 0 Å². The van der Waals surface area contributed by atoms with Crippen molar-refractivity contribution in [3.63, 3.8) is 0 Å². The van der Waals surface area contributed by atoms with E-state index in [0.717, 1.165) is 17.1 Å². The van der Waals surface area contributed by atoms with Gasteiger partial charge >= 0.3 is 0 Å². The number of ether oxygens (including phenoxy) is 1. The lowest BCUT2D eigenvalue weighted by atomic mass is 10.3.